The van der Waals surface area contributed by atoms with Crippen LogP contribution in [0.2, 0.25) is 0 Å². The lowest BCUT2D eigenvalue weighted by atomic mass is 9.47. The maximum Gasteiger partial charge on any atom is 0.0724 e. The normalized spacial score (nSPS) is 55.1. The predicted molar refractivity (Wildman–Crippen MR) is 170 cm³/mol. The van der Waals surface area contributed by atoms with Crippen LogP contribution in [0.3, 0.4) is 0 Å². The number of allylic oxidation sites excluding steroid dienone is 2. The Hall–Kier alpha value is -1.26. The third-order valence-corrected chi connectivity index (χ3v) is 15.9. The van der Waals surface area contributed by atoms with Crippen molar-refractivity contribution in [1.29, 1.82) is 0 Å². The van der Waals surface area contributed by atoms with E-state index in [0.717, 1.165) is 67.6 Å². The molecule has 0 bridgehead atoms. The fourth-order valence-corrected chi connectivity index (χ4v) is 13.4. The highest BCUT2D eigenvalue weighted by molar-refractivity contribution is 5.95. The van der Waals surface area contributed by atoms with Crippen molar-refractivity contribution in [1.82, 2.24) is 0 Å². The molecule has 4 nitrogen and oxygen atoms in total. The largest absolute Gasteiger partial charge is 0.393 e. The zero-order chi connectivity index (χ0) is 29.1. The SMILES string of the molecule is C[C@]12CC[C@H](O)CC1=CC[C@H]1[C@H]2CC[C@]2(C)/C(=N\N=C3\CC[C@H]4[C@@H]5CCC6=C[C@H](O)CC[C@]6(C)[C@H]5CC[C@]34C)CC[C@@H]12. The van der Waals surface area contributed by atoms with E-state index >= 15 is 0 Å². The molecule has 0 radical (unpaired) electrons. The molecule has 8 rings (SSSR count). The summed E-state index contributed by atoms with van der Waals surface area (Å²) in [7, 11) is 0. The van der Waals surface area contributed by atoms with Gasteiger partial charge in [-0.1, -0.05) is 51.0 Å². The third-order valence-electron chi connectivity index (χ3n) is 15.9. The van der Waals surface area contributed by atoms with Gasteiger partial charge in [-0.15, -0.1) is 0 Å². The molecule has 42 heavy (non-hydrogen) atoms. The molecule has 6 saturated carbocycles. The van der Waals surface area contributed by atoms with Gasteiger partial charge in [0.2, 0.25) is 0 Å². The molecule has 4 heteroatoms. The molecule has 0 saturated heterocycles. The van der Waals surface area contributed by atoms with Gasteiger partial charge in [0.15, 0.2) is 0 Å². The van der Waals surface area contributed by atoms with E-state index in [2.05, 4.69) is 39.8 Å². The first kappa shape index (κ1) is 28.2. The molecular formula is C38H56N2O2. The monoisotopic (exact) mass is 572 g/mol. The summed E-state index contributed by atoms with van der Waals surface area (Å²) in [6.45, 7) is 10.2. The van der Waals surface area contributed by atoms with Crippen molar-refractivity contribution < 1.29 is 10.2 Å². The Bertz CT molecular complexity index is 1260. The van der Waals surface area contributed by atoms with Gasteiger partial charge < -0.3 is 10.2 Å². The van der Waals surface area contributed by atoms with Crippen molar-refractivity contribution in [2.45, 2.75) is 143 Å². The maximum absolute atomic E-state index is 10.4. The Morgan fingerprint density at radius 1 is 0.595 bits per heavy atom. The molecule has 0 aliphatic heterocycles. The van der Waals surface area contributed by atoms with E-state index in [1.807, 2.05) is 0 Å². The molecule has 0 spiro atoms. The Labute approximate surface area is 254 Å². The van der Waals surface area contributed by atoms with Gasteiger partial charge in [0, 0.05) is 22.3 Å². The van der Waals surface area contributed by atoms with Crippen molar-refractivity contribution in [3.8, 4) is 0 Å². The maximum atomic E-state index is 10.4. The molecule has 0 aromatic heterocycles. The van der Waals surface area contributed by atoms with Crippen molar-refractivity contribution in [2.24, 2.45) is 67.4 Å². The summed E-state index contributed by atoms with van der Waals surface area (Å²) in [4.78, 5) is 0. The van der Waals surface area contributed by atoms with Crippen LogP contribution in [0.15, 0.2) is 33.5 Å². The highest BCUT2D eigenvalue weighted by Crippen LogP contribution is 2.66. The molecule has 0 unspecified atom stereocenters. The second-order valence-electron chi connectivity index (χ2n) is 17.4. The molecule has 0 heterocycles. The van der Waals surface area contributed by atoms with E-state index in [1.165, 1.54) is 82.1 Å². The summed E-state index contributed by atoms with van der Waals surface area (Å²) >= 11 is 0. The first-order valence-electron chi connectivity index (χ1n) is 18.0. The van der Waals surface area contributed by atoms with Gasteiger partial charge in [0.05, 0.1) is 12.2 Å². The quantitative estimate of drug-likeness (QED) is 0.245. The Morgan fingerprint density at radius 2 is 1.14 bits per heavy atom. The lowest BCUT2D eigenvalue weighted by molar-refractivity contribution is -0.0250. The average Bonchev–Trinajstić information content (AvgIpc) is 3.48. The van der Waals surface area contributed by atoms with Crippen molar-refractivity contribution >= 4 is 11.4 Å². The van der Waals surface area contributed by atoms with Gasteiger partial charge in [0.25, 0.3) is 0 Å². The second kappa shape index (κ2) is 9.62. The first-order valence-corrected chi connectivity index (χ1v) is 18.0. The number of rotatable bonds is 1. The number of hydrogen-bond acceptors (Lipinski definition) is 4. The second-order valence-corrected chi connectivity index (χ2v) is 17.4. The molecule has 12 atom stereocenters. The molecule has 8 aliphatic rings. The zero-order valence-electron chi connectivity index (χ0n) is 26.9. The summed E-state index contributed by atoms with van der Waals surface area (Å²) in [5.74, 6) is 4.61. The van der Waals surface area contributed by atoms with Gasteiger partial charge >= 0.3 is 0 Å². The molecule has 0 amide bonds. The average molecular weight is 573 g/mol. The summed E-state index contributed by atoms with van der Waals surface area (Å²) < 4.78 is 0. The minimum Gasteiger partial charge on any atom is -0.393 e. The molecule has 6 fully saturated rings. The predicted octanol–water partition coefficient (Wildman–Crippen LogP) is 8.43. The highest BCUT2D eigenvalue weighted by Gasteiger charge is 2.60. The van der Waals surface area contributed by atoms with Crippen LogP contribution in [0.1, 0.15) is 130 Å². The van der Waals surface area contributed by atoms with Gasteiger partial charge in [-0.05, 0) is 149 Å². The molecular weight excluding hydrogens is 516 g/mol. The van der Waals surface area contributed by atoms with Crippen molar-refractivity contribution in [3.05, 3.63) is 23.3 Å². The fourth-order valence-electron chi connectivity index (χ4n) is 13.4. The van der Waals surface area contributed by atoms with Gasteiger partial charge in [-0.3, -0.25) is 0 Å². The molecule has 0 aromatic rings. The van der Waals surface area contributed by atoms with E-state index in [9.17, 15) is 10.2 Å². The lowest BCUT2D eigenvalue weighted by Gasteiger charge is -2.57. The topological polar surface area (TPSA) is 65.2 Å². The van der Waals surface area contributed by atoms with Crippen LogP contribution >= 0.6 is 0 Å². The molecule has 230 valence electrons. The van der Waals surface area contributed by atoms with Crippen LogP contribution in [-0.4, -0.2) is 33.8 Å². The minimum absolute atomic E-state index is 0.122. The zero-order valence-corrected chi connectivity index (χ0v) is 26.9. The van der Waals surface area contributed by atoms with Gasteiger partial charge in [-0.2, -0.15) is 10.2 Å². The third kappa shape index (κ3) is 3.85. The standard InChI is InChI=1S/C38H56N2O2/c1-35-17-13-25(41)21-23(35)5-7-27-29-9-11-33(37(29,3)19-15-31(27)35)39-40-34-12-10-30-28-8-6-24-22-26(42)14-18-36(24,2)32(28)16-20-38(30,34)4/h5,22,25-32,41-42H,6-21H2,1-4H3/b39-33-,40-34-/t25-,26+,27+,28-,29-,30-,31+,32-,35-,36-,37-,38-/m0/s1. The van der Waals surface area contributed by atoms with Crippen molar-refractivity contribution in [3.63, 3.8) is 0 Å². The first-order chi connectivity index (χ1) is 20.1. The van der Waals surface area contributed by atoms with Crippen LogP contribution in [0, 0.1) is 57.2 Å². The number of hydrogen-bond donors (Lipinski definition) is 2. The lowest BCUT2D eigenvalue weighted by Crippen LogP contribution is -2.50. The van der Waals surface area contributed by atoms with Crippen molar-refractivity contribution in [2.75, 3.05) is 0 Å². The summed E-state index contributed by atoms with van der Waals surface area (Å²) in [6, 6.07) is 0. The van der Waals surface area contributed by atoms with Gasteiger partial charge in [-0.25, -0.2) is 0 Å². The smallest absolute Gasteiger partial charge is 0.0724 e. The van der Waals surface area contributed by atoms with Gasteiger partial charge in [0.1, 0.15) is 0 Å². The summed E-state index contributed by atoms with van der Waals surface area (Å²) in [5.41, 5.74) is 7.02. The molecule has 2 N–H and O–H groups in total. The number of aliphatic hydroxyl groups excluding tert-OH is 2. The highest BCUT2D eigenvalue weighted by atomic mass is 16.3. The Balaban J connectivity index is 1.02. The fraction of sp³-hybridized carbons (Fsp3) is 0.842. The number of aliphatic hydroxyl groups is 2. The van der Waals surface area contributed by atoms with Crippen LogP contribution in [-0.2, 0) is 0 Å². The van der Waals surface area contributed by atoms with Crippen LogP contribution in [0.5, 0.6) is 0 Å². The minimum atomic E-state index is -0.216. The molecule has 0 aromatic carbocycles. The summed E-state index contributed by atoms with van der Waals surface area (Å²) in [5, 5.41) is 31.2. The van der Waals surface area contributed by atoms with E-state index in [0.29, 0.717) is 10.8 Å². The van der Waals surface area contributed by atoms with Crippen LogP contribution < -0.4 is 0 Å². The van der Waals surface area contributed by atoms with E-state index < -0.39 is 0 Å². The molecule has 8 aliphatic carbocycles. The Kier molecular flexibility index (Phi) is 6.47. The number of nitrogens with zero attached hydrogens (tertiary/aromatic N) is 2. The van der Waals surface area contributed by atoms with E-state index in [-0.39, 0.29) is 23.0 Å². The summed E-state index contributed by atoms with van der Waals surface area (Å²) in [6.07, 6.45) is 23.3. The van der Waals surface area contributed by atoms with Crippen LogP contribution in [0.4, 0.5) is 0 Å². The van der Waals surface area contributed by atoms with E-state index in [4.69, 9.17) is 10.2 Å². The number of fused-ring (bicyclic) bond motifs is 10. The Morgan fingerprint density at radius 3 is 1.83 bits per heavy atom. The van der Waals surface area contributed by atoms with E-state index in [1.54, 1.807) is 11.1 Å². The van der Waals surface area contributed by atoms with Crippen LogP contribution in [0.25, 0.3) is 0 Å².